The Hall–Kier alpha value is 0.245. The van der Waals surface area contributed by atoms with Crippen molar-refractivity contribution in [2.75, 3.05) is 6.61 Å². The SMILES string of the molecule is [B][C@@H]1O[C@H](COP(=O)(O)OP(=O)(O)O)[C@@H](O)[C@H]1C. The number of rotatable bonds is 5. The summed E-state index contributed by atoms with van der Waals surface area (Å²) in [5.74, 6) is -0.403. The number of aliphatic hydroxyl groups is 1. The maximum absolute atomic E-state index is 11.1. The van der Waals surface area contributed by atoms with Crippen molar-refractivity contribution < 1.29 is 42.5 Å². The lowest BCUT2D eigenvalue weighted by Gasteiger charge is -2.17. The highest BCUT2D eigenvalue weighted by atomic mass is 31.3. The zero-order valence-corrected chi connectivity index (χ0v) is 11.1. The van der Waals surface area contributed by atoms with E-state index in [1.807, 2.05) is 0 Å². The van der Waals surface area contributed by atoms with Crippen molar-refractivity contribution in [1.82, 2.24) is 0 Å². The summed E-state index contributed by atoms with van der Waals surface area (Å²) in [6.45, 7) is 1.02. The number of ether oxygens (including phenoxy) is 1. The molecule has 1 fully saturated rings. The maximum atomic E-state index is 11.1. The molecule has 1 saturated heterocycles. The molecule has 0 aromatic carbocycles. The second kappa shape index (κ2) is 5.70. The standard InChI is InChI=1S/C6H13BO9P2/c1-3-5(8)4(15-6(3)7)2-14-18(12,13)16-17(9,10)11/h3-6,8H,2H2,1H3,(H,12,13)(H2,9,10,11)/t3-,4-,5+,6-/m1/s1. The van der Waals surface area contributed by atoms with E-state index in [4.69, 9.17) is 27.3 Å². The van der Waals surface area contributed by atoms with Gasteiger partial charge in [-0.2, -0.15) is 4.31 Å². The first kappa shape index (κ1) is 16.3. The molecule has 12 heteroatoms. The van der Waals surface area contributed by atoms with Crippen LogP contribution in [0.15, 0.2) is 0 Å². The summed E-state index contributed by atoms with van der Waals surface area (Å²) in [5.41, 5.74) is 0. The lowest BCUT2D eigenvalue weighted by molar-refractivity contribution is -0.00498. The monoisotopic (exact) mass is 302 g/mol. The molecular formula is C6H13BO9P2. The van der Waals surface area contributed by atoms with Crippen LogP contribution in [0.25, 0.3) is 0 Å². The van der Waals surface area contributed by atoms with Crippen LogP contribution in [0.5, 0.6) is 0 Å². The fourth-order valence-electron chi connectivity index (χ4n) is 1.40. The molecule has 5 atom stereocenters. The quantitative estimate of drug-likeness (QED) is 0.375. The minimum absolute atomic E-state index is 0.403. The minimum Gasteiger partial charge on any atom is -0.390 e. The van der Waals surface area contributed by atoms with Crippen LogP contribution in [-0.2, 0) is 22.7 Å². The van der Waals surface area contributed by atoms with Crippen molar-refractivity contribution in [2.24, 2.45) is 5.92 Å². The van der Waals surface area contributed by atoms with E-state index in [2.05, 4.69) is 8.83 Å². The summed E-state index contributed by atoms with van der Waals surface area (Å²) in [7, 11) is -4.61. The molecule has 0 aliphatic carbocycles. The number of hydrogen-bond acceptors (Lipinski definition) is 6. The lowest BCUT2D eigenvalue weighted by atomic mass is 9.86. The van der Waals surface area contributed by atoms with E-state index in [1.54, 1.807) is 6.92 Å². The Labute approximate surface area is 104 Å². The van der Waals surface area contributed by atoms with Gasteiger partial charge in [-0.15, -0.1) is 0 Å². The first-order valence-electron chi connectivity index (χ1n) is 4.85. The summed E-state index contributed by atoms with van der Waals surface area (Å²) in [5, 5.41) is 9.61. The van der Waals surface area contributed by atoms with E-state index in [0.717, 1.165) is 0 Å². The second-order valence-corrected chi connectivity index (χ2v) is 6.66. The zero-order valence-electron chi connectivity index (χ0n) is 9.32. The van der Waals surface area contributed by atoms with Crippen molar-refractivity contribution in [1.29, 1.82) is 0 Å². The van der Waals surface area contributed by atoms with Gasteiger partial charge in [0.1, 0.15) is 14.0 Å². The molecule has 0 saturated carbocycles. The van der Waals surface area contributed by atoms with Gasteiger partial charge in [-0.25, -0.2) is 9.13 Å². The highest BCUT2D eigenvalue weighted by molar-refractivity contribution is 7.60. The van der Waals surface area contributed by atoms with Crippen LogP contribution in [0.1, 0.15) is 6.92 Å². The van der Waals surface area contributed by atoms with Crippen LogP contribution in [0, 0.1) is 5.92 Å². The average molecular weight is 302 g/mol. The third-order valence-corrected chi connectivity index (χ3v) is 4.53. The highest BCUT2D eigenvalue weighted by Crippen LogP contribution is 2.57. The fraction of sp³-hybridized carbons (Fsp3) is 1.00. The maximum Gasteiger partial charge on any atom is 0.481 e. The largest absolute Gasteiger partial charge is 0.481 e. The van der Waals surface area contributed by atoms with Gasteiger partial charge in [0.25, 0.3) is 0 Å². The second-order valence-electron chi connectivity index (χ2n) is 3.83. The zero-order chi connectivity index (χ0) is 14.1. The normalized spacial score (nSPS) is 36.5. The molecule has 1 unspecified atom stereocenters. The summed E-state index contributed by atoms with van der Waals surface area (Å²) in [4.78, 5) is 25.7. The lowest BCUT2D eigenvalue weighted by Crippen LogP contribution is -2.29. The third-order valence-electron chi connectivity index (χ3n) is 2.38. The highest BCUT2D eigenvalue weighted by Gasteiger charge is 2.40. The molecule has 0 aromatic rings. The molecule has 18 heavy (non-hydrogen) atoms. The van der Waals surface area contributed by atoms with Gasteiger partial charge >= 0.3 is 15.6 Å². The molecule has 0 bridgehead atoms. The van der Waals surface area contributed by atoms with E-state index in [0.29, 0.717) is 0 Å². The Morgan fingerprint density at radius 1 is 1.33 bits per heavy atom. The van der Waals surface area contributed by atoms with Crippen molar-refractivity contribution in [3.05, 3.63) is 0 Å². The Bertz CT molecular complexity index is 383. The molecule has 1 rings (SSSR count). The number of hydrogen-bond donors (Lipinski definition) is 4. The molecule has 1 aliphatic heterocycles. The van der Waals surface area contributed by atoms with Crippen LogP contribution < -0.4 is 0 Å². The Balaban J connectivity index is 2.51. The van der Waals surface area contributed by atoms with Gasteiger partial charge in [-0.05, 0) is 0 Å². The van der Waals surface area contributed by atoms with Gasteiger partial charge in [0, 0.05) is 11.9 Å². The molecule has 2 radical (unpaired) electrons. The van der Waals surface area contributed by atoms with Gasteiger partial charge in [0.2, 0.25) is 0 Å². The first-order chi connectivity index (χ1) is 8.02. The van der Waals surface area contributed by atoms with Crippen molar-refractivity contribution >= 4 is 23.5 Å². The van der Waals surface area contributed by atoms with Gasteiger partial charge in [0.15, 0.2) is 0 Å². The van der Waals surface area contributed by atoms with Crippen molar-refractivity contribution in [3.63, 3.8) is 0 Å². The summed E-state index contributed by atoms with van der Waals surface area (Å²) < 4.78 is 34.4. The molecule has 9 nitrogen and oxygen atoms in total. The van der Waals surface area contributed by atoms with Gasteiger partial charge in [-0.3, -0.25) is 4.52 Å². The van der Waals surface area contributed by atoms with Crippen LogP contribution >= 0.6 is 15.6 Å². The Morgan fingerprint density at radius 2 is 1.89 bits per heavy atom. The third kappa shape index (κ3) is 4.73. The molecule has 0 spiro atoms. The molecule has 0 amide bonds. The van der Waals surface area contributed by atoms with E-state index < -0.39 is 46.4 Å². The molecular weight excluding hydrogens is 289 g/mol. The Morgan fingerprint density at radius 3 is 2.28 bits per heavy atom. The van der Waals surface area contributed by atoms with Gasteiger partial charge in [0.05, 0.1) is 12.7 Å². The van der Waals surface area contributed by atoms with Crippen LogP contribution in [0.4, 0.5) is 0 Å². The van der Waals surface area contributed by atoms with Gasteiger partial charge < -0.3 is 24.5 Å². The summed E-state index contributed by atoms with van der Waals surface area (Å²) in [6, 6.07) is -0.755. The van der Waals surface area contributed by atoms with Crippen LogP contribution in [-0.4, -0.2) is 52.5 Å². The van der Waals surface area contributed by atoms with Crippen molar-refractivity contribution in [2.45, 2.75) is 25.1 Å². The summed E-state index contributed by atoms with van der Waals surface area (Å²) >= 11 is 0. The van der Waals surface area contributed by atoms with E-state index >= 15 is 0 Å². The van der Waals surface area contributed by atoms with Crippen LogP contribution in [0.2, 0.25) is 0 Å². The van der Waals surface area contributed by atoms with E-state index in [-0.39, 0.29) is 0 Å². The Kier molecular flexibility index (Phi) is 5.17. The predicted molar refractivity (Wildman–Crippen MR) is 58.5 cm³/mol. The smallest absolute Gasteiger partial charge is 0.390 e. The summed E-state index contributed by atoms with van der Waals surface area (Å²) in [6.07, 6.45) is -1.99. The topological polar surface area (TPSA) is 143 Å². The van der Waals surface area contributed by atoms with Crippen LogP contribution in [0.3, 0.4) is 0 Å². The first-order valence-corrected chi connectivity index (χ1v) is 7.88. The molecule has 4 N–H and O–H groups in total. The van der Waals surface area contributed by atoms with E-state index in [1.165, 1.54) is 0 Å². The number of phosphoric acid groups is 2. The van der Waals surface area contributed by atoms with E-state index in [9.17, 15) is 14.2 Å². The predicted octanol–water partition coefficient (Wildman–Crippen LogP) is -0.897. The molecule has 104 valence electrons. The fourth-order valence-corrected chi connectivity index (χ4v) is 3.00. The number of phosphoric ester groups is 1. The van der Waals surface area contributed by atoms with Crippen molar-refractivity contribution in [3.8, 4) is 0 Å². The minimum atomic E-state index is -5.15. The van der Waals surface area contributed by atoms with Gasteiger partial charge in [-0.1, -0.05) is 6.92 Å². The molecule has 1 aliphatic rings. The molecule has 1 heterocycles. The average Bonchev–Trinajstić information content (AvgIpc) is 2.39. The number of aliphatic hydroxyl groups excluding tert-OH is 1. The molecule has 0 aromatic heterocycles.